The minimum absolute atomic E-state index is 0.105. The molecule has 0 aromatic carbocycles. The van der Waals surface area contributed by atoms with Crippen molar-refractivity contribution in [1.82, 2.24) is 19.8 Å². The SMILES string of the molecule is CN1CCCN(C)C(C(O)c2cncnc2)C1. The molecule has 2 heterocycles. The van der Waals surface area contributed by atoms with Gasteiger partial charge in [0.15, 0.2) is 0 Å². The van der Waals surface area contributed by atoms with Crippen LogP contribution in [-0.4, -0.2) is 64.6 Å². The van der Waals surface area contributed by atoms with E-state index in [0.29, 0.717) is 0 Å². The molecule has 2 atom stereocenters. The van der Waals surface area contributed by atoms with E-state index in [0.717, 1.165) is 31.6 Å². The van der Waals surface area contributed by atoms with Gasteiger partial charge in [-0.25, -0.2) is 9.97 Å². The topological polar surface area (TPSA) is 52.5 Å². The van der Waals surface area contributed by atoms with Crippen LogP contribution in [0.4, 0.5) is 0 Å². The number of hydrogen-bond donors (Lipinski definition) is 1. The van der Waals surface area contributed by atoms with Gasteiger partial charge in [0.1, 0.15) is 6.33 Å². The number of nitrogens with zero attached hydrogens (tertiary/aromatic N) is 4. The highest BCUT2D eigenvalue weighted by atomic mass is 16.3. The third-order valence-electron chi connectivity index (χ3n) is 3.40. The van der Waals surface area contributed by atoms with Crippen molar-refractivity contribution in [2.24, 2.45) is 0 Å². The van der Waals surface area contributed by atoms with Crippen LogP contribution in [-0.2, 0) is 0 Å². The van der Waals surface area contributed by atoms with E-state index >= 15 is 0 Å². The summed E-state index contributed by atoms with van der Waals surface area (Å²) in [7, 11) is 4.16. The quantitative estimate of drug-likeness (QED) is 0.792. The monoisotopic (exact) mass is 236 g/mol. The number of aliphatic hydroxyl groups excluding tert-OH is 1. The molecule has 0 spiro atoms. The summed E-state index contributed by atoms with van der Waals surface area (Å²) < 4.78 is 0. The normalized spacial score (nSPS) is 25.5. The molecule has 17 heavy (non-hydrogen) atoms. The second-order valence-electron chi connectivity index (χ2n) is 4.78. The Morgan fingerprint density at radius 1 is 1.29 bits per heavy atom. The Hall–Kier alpha value is -1.04. The summed E-state index contributed by atoms with van der Waals surface area (Å²) >= 11 is 0. The fourth-order valence-electron chi connectivity index (χ4n) is 2.33. The first-order chi connectivity index (χ1) is 8.18. The Labute approximate surface area is 102 Å². The second-order valence-corrected chi connectivity index (χ2v) is 4.78. The third-order valence-corrected chi connectivity index (χ3v) is 3.40. The molecule has 1 saturated heterocycles. The lowest BCUT2D eigenvalue weighted by atomic mass is 10.0. The van der Waals surface area contributed by atoms with E-state index in [1.54, 1.807) is 12.4 Å². The van der Waals surface area contributed by atoms with E-state index < -0.39 is 6.10 Å². The molecular formula is C12H20N4O. The van der Waals surface area contributed by atoms with Crippen LogP contribution in [0.3, 0.4) is 0 Å². The van der Waals surface area contributed by atoms with E-state index in [4.69, 9.17) is 0 Å². The maximum absolute atomic E-state index is 10.4. The highest BCUT2D eigenvalue weighted by Crippen LogP contribution is 2.21. The van der Waals surface area contributed by atoms with Crippen LogP contribution in [0.5, 0.6) is 0 Å². The minimum Gasteiger partial charge on any atom is -0.387 e. The molecule has 1 N–H and O–H groups in total. The van der Waals surface area contributed by atoms with Gasteiger partial charge in [-0.1, -0.05) is 0 Å². The van der Waals surface area contributed by atoms with Crippen molar-refractivity contribution in [2.45, 2.75) is 18.6 Å². The van der Waals surface area contributed by atoms with Crippen LogP contribution in [0.25, 0.3) is 0 Å². The van der Waals surface area contributed by atoms with Crippen LogP contribution in [0.1, 0.15) is 18.1 Å². The molecule has 0 bridgehead atoms. The summed E-state index contributed by atoms with van der Waals surface area (Å²) in [5, 5.41) is 10.4. The van der Waals surface area contributed by atoms with Gasteiger partial charge in [0.05, 0.1) is 12.1 Å². The van der Waals surface area contributed by atoms with Crippen LogP contribution in [0.2, 0.25) is 0 Å². The number of likely N-dealkylation sites (N-methyl/N-ethyl adjacent to an activating group) is 2. The molecule has 0 aliphatic carbocycles. The highest BCUT2D eigenvalue weighted by molar-refractivity contribution is 5.10. The zero-order chi connectivity index (χ0) is 12.3. The molecule has 5 nitrogen and oxygen atoms in total. The lowest BCUT2D eigenvalue weighted by Gasteiger charge is -2.31. The number of rotatable bonds is 2. The van der Waals surface area contributed by atoms with Crippen LogP contribution in [0.15, 0.2) is 18.7 Å². The summed E-state index contributed by atoms with van der Waals surface area (Å²) in [6.45, 7) is 2.96. The summed E-state index contributed by atoms with van der Waals surface area (Å²) in [6.07, 6.45) is 5.48. The molecule has 0 amide bonds. The molecular weight excluding hydrogens is 216 g/mol. The maximum Gasteiger partial charge on any atom is 0.115 e. The lowest BCUT2D eigenvalue weighted by molar-refractivity contribution is 0.0567. The van der Waals surface area contributed by atoms with Crippen molar-refractivity contribution >= 4 is 0 Å². The molecule has 1 aromatic heterocycles. The number of aliphatic hydroxyl groups is 1. The van der Waals surface area contributed by atoms with Gasteiger partial charge >= 0.3 is 0 Å². The maximum atomic E-state index is 10.4. The predicted octanol–water partition coefficient (Wildman–Crippen LogP) is 0.146. The fraction of sp³-hybridized carbons (Fsp3) is 0.667. The second kappa shape index (κ2) is 5.53. The average Bonchev–Trinajstić information content (AvgIpc) is 2.51. The third kappa shape index (κ3) is 3.00. The van der Waals surface area contributed by atoms with E-state index in [1.807, 2.05) is 0 Å². The first-order valence-electron chi connectivity index (χ1n) is 6.00. The molecule has 2 rings (SSSR count). The smallest absolute Gasteiger partial charge is 0.115 e. The molecule has 0 saturated carbocycles. The fourth-order valence-corrected chi connectivity index (χ4v) is 2.33. The van der Waals surface area contributed by atoms with Gasteiger partial charge in [-0.3, -0.25) is 4.90 Å². The first-order valence-corrected chi connectivity index (χ1v) is 6.00. The standard InChI is InChI=1S/C12H20N4O/c1-15-4-3-5-16(2)11(8-15)12(17)10-6-13-9-14-7-10/h6-7,9,11-12,17H,3-5,8H2,1-2H3. The van der Waals surface area contributed by atoms with Gasteiger partial charge in [0, 0.05) is 24.5 Å². The van der Waals surface area contributed by atoms with Gasteiger partial charge in [-0.2, -0.15) is 0 Å². The molecule has 94 valence electrons. The summed E-state index contributed by atoms with van der Waals surface area (Å²) in [5.74, 6) is 0. The molecule has 1 aromatic rings. The molecule has 5 heteroatoms. The lowest BCUT2D eigenvalue weighted by Crippen LogP contribution is -2.42. The van der Waals surface area contributed by atoms with Crippen LogP contribution < -0.4 is 0 Å². The van der Waals surface area contributed by atoms with Gasteiger partial charge < -0.3 is 10.0 Å². The zero-order valence-electron chi connectivity index (χ0n) is 10.5. The minimum atomic E-state index is -0.526. The van der Waals surface area contributed by atoms with Crippen LogP contribution in [0, 0.1) is 0 Å². The Kier molecular flexibility index (Phi) is 4.04. The van der Waals surface area contributed by atoms with E-state index in [9.17, 15) is 5.11 Å². The number of hydrogen-bond acceptors (Lipinski definition) is 5. The Balaban J connectivity index is 2.13. The van der Waals surface area contributed by atoms with E-state index in [-0.39, 0.29) is 6.04 Å². The van der Waals surface area contributed by atoms with Crippen molar-refractivity contribution in [3.8, 4) is 0 Å². The highest BCUT2D eigenvalue weighted by Gasteiger charge is 2.28. The largest absolute Gasteiger partial charge is 0.387 e. The van der Waals surface area contributed by atoms with Gasteiger partial charge in [0.2, 0.25) is 0 Å². The van der Waals surface area contributed by atoms with E-state index in [1.165, 1.54) is 6.33 Å². The average molecular weight is 236 g/mol. The molecule has 1 fully saturated rings. The van der Waals surface area contributed by atoms with Gasteiger partial charge in [-0.05, 0) is 33.6 Å². The Morgan fingerprint density at radius 2 is 2.00 bits per heavy atom. The molecule has 1 aliphatic heterocycles. The molecule has 1 aliphatic rings. The predicted molar refractivity (Wildman–Crippen MR) is 65.5 cm³/mol. The van der Waals surface area contributed by atoms with E-state index in [2.05, 4.69) is 33.9 Å². The van der Waals surface area contributed by atoms with Gasteiger partial charge in [0.25, 0.3) is 0 Å². The Morgan fingerprint density at radius 3 is 2.71 bits per heavy atom. The van der Waals surface area contributed by atoms with Crippen molar-refractivity contribution < 1.29 is 5.11 Å². The summed E-state index contributed by atoms with van der Waals surface area (Å²) in [5.41, 5.74) is 0.791. The van der Waals surface area contributed by atoms with Crippen molar-refractivity contribution in [3.05, 3.63) is 24.3 Å². The van der Waals surface area contributed by atoms with Crippen molar-refractivity contribution in [3.63, 3.8) is 0 Å². The van der Waals surface area contributed by atoms with Crippen molar-refractivity contribution in [1.29, 1.82) is 0 Å². The summed E-state index contributed by atoms with van der Waals surface area (Å²) in [4.78, 5) is 12.4. The molecule has 2 unspecified atom stereocenters. The zero-order valence-corrected chi connectivity index (χ0v) is 10.5. The molecule has 0 radical (unpaired) electrons. The van der Waals surface area contributed by atoms with Gasteiger partial charge in [-0.15, -0.1) is 0 Å². The number of aromatic nitrogens is 2. The van der Waals surface area contributed by atoms with Crippen molar-refractivity contribution in [2.75, 3.05) is 33.7 Å². The first kappa shape index (κ1) is 12.4. The van der Waals surface area contributed by atoms with Crippen LogP contribution >= 0.6 is 0 Å². The summed E-state index contributed by atoms with van der Waals surface area (Å²) in [6, 6.07) is 0.105. The Bertz CT molecular complexity index is 346.